The van der Waals surface area contributed by atoms with E-state index in [1.807, 2.05) is 48.5 Å². The van der Waals surface area contributed by atoms with Crippen LogP contribution in [0.2, 0.25) is 5.02 Å². The van der Waals surface area contributed by atoms with Gasteiger partial charge in [0.2, 0.25) is 10.0 Å². The number of nitrogens with one attached hydrogen (secondary N) is 1. The molecule has 1 saturated heterocycles. The average molecular weight is 395 g/mol. The summed E-state index contributed by atoms with van der Waals surface area (Å²) in [5, 5.41) is 4.08. The van der Waals surface area contributed by atoms with Crippen LogP contribution in [0.25, 0.3) is 0 Å². The van der Waals surface area contributed by atoms with Crippen LogP contribution >= 0.6 is 11.6 Å². The molecule has 0 atom stereocenters. The summed E-state index contributed by atoms with van der Waals surface area (Å²) in [5.41, 5.74) is 2.83. The first-order valence-electron chi connectivity index (χ1n) is 8.63. The van der Waals surface area contributed by atoms with Gasteiger partial charge in [-0.25, -0.2) is 8.42 Å². The highest BCUT2D eigenvalue weighted by Gasteiger charge is 2.25. The molecular formula is C19H23ClN2O3S. The third-order valence-electron chi connectivity index (χ3n) is 4.41. The summed E-state index contributed by atoms with van der Waals surface area (Å²) in [6, 6.07) is 15.3. The molecule has 2 aromatic rings. The molecule has 0 unspecified atom stereocenters. The maximum absolute atomic E-state index is 12.7. The molecule has 0 radical (unpaired) electrons. The third kappa shape index (κ3) is 5.05. The molecule has 0 aromatic heterocycles. The van der Waals surface area contributed by atoms with Crippen molar-refractivity contribution in [1.82, 2.24) is 9.62 Å². The standard InChI is InChI=1S/C19H23ClN2O3S/c20-19-8-4-3-6-17(19)14-21-13-16-5-1-2-7-18(16)15-26(23,24)22-9-11-25-12-10-22/h1-8,21H,9-15H2. The zero-order valence-corrected chi connectivity index (χ0v) is 16.1. The molecule has 7 heteroatoms. The van der Waals surface area contributed by atoms with Crippen LogP contribution in [0.3, 0.4) is 0 Å². The zero-order valence-electron chi connectivity index (χ0n) is 14.5. The number of hydrogen-bond acceptors (Lipinski definition) is 4. The molecule has 1 aliphatic heterocycles. The number of halogens is 1. The van der Waals surface area contributed by atoms with Gasteiger partial charge in [0.15, 0.2) is 0 Å². The van der Waals surface area contributed by atoms with E-state index in [1.54, 1.807) is 0 Å². The lowest BCUT2D eigenvalue weighted by atomic mass is 10.1. The van der Waals surface area contributed by atoms with E-state index in [0.717, 1.165) is 21.7 Å². The van der Waals surface area contributed by atoms with Crippen LogP contribution < -0.4 is 5.32 Å². The van der Waals surface area contributed by atoms with Gasteiger partial charge in [-0.05, 0) is 22.8 Å². The Morgan fingerprint density at radius 1 is 0.923 bits per heavy atom. The van der Waals surface area contributed by atoms with E-state index in [4.69, 9.17) is 16.3 Å². The molecule has 2 aromatic carbocycles. The van der Waals surface area contributed by atoms with E-state index in [0.29, 0.717) is 39.4 Å². The summed E-state index contributed by atoms with van der Waals surface area (Å²) in [4.78, 5) is 0. The molecule has 1 N–H and O–H groups in total. The van der Waals surface area contributed by atoms with Gasteiger partial charge in [-0.2, -0.15) is 4.31 Å². The number of sulfonamides is 1. The summed E-state index contributed by atoms with van der Waals surface area (Å²) in [6.07, 6.45) is 0. The van der Waals surface area contributed by atoms with Gasteiger partial charge in [0.05, 0.1) is 19.0 Å². The largest absolute Gasteiger partial charge is 0.379 e. The van der Waals surface area contributed by atoms with Crippen molar-refractivity contribution < 1.29 is 13.2 Å². The SMILES string of the molecule is O=S(=O)(Cc1ccccc1CNCc1ccccc1Cl)N1CCOCC1. The number of ether oxygens (including phenoxy) is 1. The van der Waals surface area contributed by atoms with Gasteiger partial charge < -0.3 is 10.1 Å². The van der Waals surface area contributed by atoms with E-state index in [1.165, 1.54) is 4.31 Å². The van der Waals surface area contributed by atoms with Crippen molar-refractivity contribution in [3.8, 4) is 0 Å². The molecule has 3 rings (SSSR count). The molecule has 26 heavy (non-hydrogen) atoms. The topological polar surface area (TPSA) is 58.6 Å². The van der Waals surface area contributed by atoms with Crippen molar-refractivity contribution in [2.24, 2.45) is 0 Å². The van der Waals surface area contributed by atoms with Gasteiger partial charge in [0, 0.05) is 31.2 Å². The Bertz CT molecular complexity index is 836. The van der Waals surface area contributed by atoms with Crippen molar-refractivity contribution in [1.29, 1.82) is 0 Å². The van der Waals surface area contributed by atoms with Gasteiger partial charge >= 0.3 is 0 Å². The Kier molecular flexibility index (Phi) is 6.67. The fraction of sp³-hybridized carbons (Fsp3) is 0.368. The predicted octanol–water partition coefficient (Wildman–Crippen LogP) is 2.79. The average Bonchev–Trinajstić information content (AvgIpc) is 2.65. The smallest absolute Gasteiger partial charge is 0.218 e. The highest BCUT2D eigenvalue weighted by Crippen LogP contribution is 2.18. The van der Waals surface area contributed by atoms with Crippen molar-refractivity contribution in [2.45, 2.75) is 18.8 Å². The summed E-state index contributed by atoms with van der Waals surface area (Å²) in [7, 11) is -3.34. The fourth-order valence-electron chi connectivity index (χ4n) is 2.96. The summed E-state index contributed by atoms with van der Waals surface area (Å²) in [6.45, 7) is 2.98. The second-order valence-corrected chi connectivity index (χ2v) is 8.61. The number of morpholine rings is 1. The Hall–Kier alpha value is -1.44. The second-order valence-electron chi connectivity index (χ2n) is 6.23. The van der Waals surface area contributed by atoms with Gasteiger partial charge in [0.25, 0.3) is 0 Å². The summed E-state index contributed by atoms with van der Waals surface area (Å²) >= 11 is 6.18. The monoisotopic (exact) mass is 394 g/mol. The molecular weight excluding hydrogens is 372 g/mol. The summed E-state index contributed by atoms with van der Waals surface area (Å²) in [5.74, 6) is 0.0109. The highest BCUT2D eigenvalue weighted by atomic mass is 35.5. The van der Waals surface area contributed by atoms with Gasteiger partial charge in [0.1, 0.15) is 0 Å². The maximum Gasteiger partial charge on any atom is 0.218 e. The van der Waals surface area contributed by atoms with Crippen LogP contribution in [0.15, 0.2) is 48.5 Å². The minimum absolute atomic E-state index is 0.0109. The molecule has 1 heterocycles. The van der Waals surface area contributed by atoms with Crippen LogP contribution in [-0.2, 0) is 33.6 Å². The fourth-order valence-corrected chi connectivity index (χ4v) is 4.72. The molecule has 1 fully saturated rings. The number of benzene rings is 2. The van der Waals surface area contributed by atoms with E-state index in [2.05, 4.69) is 5.32 Å². The predicted molar refractivity (Wildman–Crippen MR) is 103 cm³/mol. The summed E-state index contributed by atoms with van der Waals surface area (Å²) < 4.78 is 32.1. The molecule has 0 saturated carbocycles. The van der Waals surface area contributed by atoms with E-state index >= 15 is 0 Å². The lowest BCUT2D eigenvalue weighted by molar-refractivity contribution is 0.0729. The lowest BCUT2D eigenvalue weighted by Gasteiger charge is -2.26. The van der Waals surface area contributed by atoms with Crippen molar-refractivity contribution in [3.63, 3.8) is 0 Å². The van der Waals surface area contributed by atoms with Crippen molar-refractivity contribution in [3.05, 3.63) is 70.2 Å². The lowest BCUT2D eigenvalue weighted by Crippen LogP contribution is -2.41. The Morgan fingerprint density at radius 2 is 1.50 bits per heavy atom. The minimum atomic E-state index is -3.34. The molecule has 1 aliphatic rings. The molecule has 140 valence electrons. The highest BCUT2D eigenvalue weighted by molar-refractivity contribution is 7.88. The van der Waals surface area contributed by atoms with Crippen LogP contribution in [0.5, 0.6) is 0 Å². The molecule has 5 nitrogen and oxygen atoms in total. The van der Waals surface area contributed by atoms with E-state index in [9.17, 15) is 8.42 Å². The third-order valence-corrected chi connectivity index (χ3v) is 6.60. The van der Waals surface area contributed by atoms with Crippen molar-refractivity contribution in [2.75, 3.05) is 26.3 Å². The van der Waals surface area contributed by atoms with Crippen LogP contribution in [0.1, 0.15) is 16.7 Å². The Labute approximate surface area is 160 Å². The molecule has 0 spiro atoms. The van der Waals surface area contributed by atoms with Gasteiger partial charge in [-0.1, -0.05) is 54.1 Å². The van der Waals surface area contributed by atoms with Gasteiger partial charge in [-0.15, -0.1) is 0 Å². The first-order chi connectivity index (χ1) is 12.6. The number of rotatable bonds is 7. The Morgan fingerprint density at radius 3 is 2.19 bits per heavy atom. The molecule has 0 bridgehead atoms. The quantitative estimate of drug-likeness (QED) is 0.784. The first kappa shape index (κ1) is 19.3. The number of hydrogen-bond donors (Lipinski definition) is 1. The number of nitrogens with zero attached hydrogens (tertiary/aromatic N) is 1. The first-order valence-corrected chi connectivity index (χ1v) is 10.6. The zero-order chi connectivity index (χ0) is 18.4. The second kappa shape index (κ2) is 8.97. The van der Waals surface area contributed by atoms with Gasteiger partial charge in [-0.3, -0.25) is 0 Å². The van der Waals surface area contributed by atoms with Crippen LogP contribution in [-0.4, -0.2) is 39.0 Å². The Balaban J connectivity index is 1.65. The van der Waals surface area contributed by atoms with Crippen LogP contribution in [0.4, 0.5) is 0 Å². The van der Waals surface area contributed by atoms with Crippen LogP contribution in [0, 0.1) is 0 Å². The molecule has 0 aliphatic carbocycles. The van der Waals surface area contributed by atoms with E-state index < -0.39 is 10.0 Å². The van der Waals surface area contributed by atoms with Crippen molar-refractivity contribution >= 4 is 21.6 Å². The van der Waals surface area contributed by atoms with E-state index in [-0.39, 0.29) is 5.75 Å². The maximum atomic E-state index is 12.7. The minimum Gasteiger partial charge on any atom is -0.379 e. The molecule has 0 amide bonds. The normalized spacial score (nSPS) is 15.9.